The van der Waals surface area contributed by atoms with E-state index in [9.17, 15) is 4.79 Å². The van der Waals surface area contributed by atoms with Gasteiger partial charge in [-0.25, -0.2) is 0 Å². The van der Waals surface area contributed by atoms with Gasteiger partial charge in [-0.1, -0.05) is 12.1 Å². The minimum Gasteiger partial charge on any atom is -0.364 e. The van der Waals surface area contributed by atoms with E-state index in [1.165, 1.54) is 0 Å². The largest absolute Gasteiger partial charge is 0.364 e. The molecule has 5 nitrogen and oxygen atoms in total. The third kappa shape index (κ3) is 3.02. The second kappa shape index (κ2) is 5.66. The van der Waals surface area contributed by atoms with Crippen molar-refractivity contribution < 1.29 is 4.79 Å². The maximum Gasteiger partial charge on any atom is 0.251 e. The van der Waals surface area contributed by atoms with Crippen LogP contribution < -0.4 is 5.32 Å². The van der Waals surface area contributed by atoms with Gasteiger partial charge >= 0.3 is 0 Å². The summed E-state index contributed by atoms with van der Waals surface area (Å²) in [5, 5.41) is 7.04. The Labute approximate surface area is 122 Å². The van der Waals surface area contributed by atoms with Crippen LogP contribution in [0.2, 0.25) is 0 Å². The molecular formula is C16H16N4O. The first-order chi connectivity index (χ1) is 10.2. The lowest BCUT2D eigenvalue weighted by atomic mass is 10.1. The van der Waals surface area contributed by atoms with E-state index >= 15 is 0 Å². The average molecular weight is 280 g/mol. The Morgan fingerprint density at radius 2 is 2.19 bits per heavy atom. The smallest absolute Gasteiger partial charge is 0.251 e. The molecule has 0 saturated heterocycles. The Hall–Kier alpha value is -2.82. The van der Waals surface area contributed by atoms with Gasteiger partial charge in [0, 0.05) is 36.3 Å². The topological polar surface area (TPSA) is 62.7 Å². The van der Waals surface area contributed by atoms with Crippen LogP contribution in [0.3, 0.4) is 0 Å². The van der Waals surface area contributed by atoms with Gasteiger partial charge in [-0.05, 0) is 29.8 Å². The number of aromatic amines is 1. The number of aromatic nitrogens is 3. The van der Waals surface area contributed by atoms with Crippen LogP contribution in [-0.2, 0) is 13.6 Å². The van der Waals surface area contributed by atoms with E-state index in [0.29, 0.717) is 12.1 Å². The van der Waals surface area contributed by atoms with Gasteiger partial charge in [-0.15, -0.1) is 0 Å². The van der Waals surface area contributed by atoms with Gasteiger partial charge in [0.1, 0.15) is 0 Å². The average Bonchev–Trinajstić information content (AvgIpc) is 3.16. The van der Waals surface area contributed by atoms with Crippen LogP contribution in [0.15, 0.2) is 55.0 Å². The van der Waals surface area contributed by atoms with Gasteiger partial charge in [0.05, 0.1) is 12.7 Å². The van der Waals surface area contributed by atoms with Crippen molar-refractivity contribution in [3.8, 4) is 11.1 Å². The molecule has 0 aliphatic heterocycles. The van der Waals surface area contributed by atoms with E-state index < -0.39 is 0 Å². The second-order valence-electron chi connectivity index (χ2n) is 4.86. The summed E-state index contributed by atoms with van der Waals surface area (Å²) >= 11 is 0. The fourth-order valence-electron chi connectivity index (χ4n) is 2.17. The first-order valence-corrected chi connectivity index (χ1v) is 6.72. The molecule has 0 unspecified atom stereocenters. The Morgan fingerprint density at radius 3 is 2.90 bits per heavy atom. The van der Waals surface area contributed by atoms with Crippen molar-refractivity contribution in [2.75, 3.05) is 0 Å². The molecule has 3 rings (SSSR count). The summed E-state index contributed by atoms with van der Waals surface area (Å²) in [5.41, 5.74) is 3.60. The van der Waals surface area contributed by atoms with Crippen LogP contribution in [0.4, 0.5) is 0 Å². The van der Waals surface area contributed by atoms with E-state index in [2.05, 4.69) is 15.4 Å². The minimum absolute atomic E-state index is 0.0876. The first kappa shape index (κ1) is 13.2. The number of H-pyrrole nitrogens is 1. The van der Waals surface area contributed by atoms with Gasteiger partial charge in [0.15, 0.2) is 0 Å². The molecule has 0 fully saturated rings. The summed E-state index contributed by atoms with van der Waals surface area (Å²) in [6, 6.07) is 11.4. The molecule has 1 aromatic carbocycles. The standard InChI is InChI=1S/C16H16N4O/c1-20-11-14(9-19-20)12-4-2-5-13(8-12)16(21)18-10-15-6-3-7-17-15/h2-9,11,17H,10H2,1H3,(H,18,21). The zero-order valence-electron chi connectivity index (χ0n) is 11.7. The van der Waals surface area contributed by atoms with Crippen molar-refractivity contribution in [3.05, 3.63) is 66.2 Å². The van der Waals surface area contributed by atoms with E-state index in [1.807, 2.05) is 55.8 Å². The Kier molecular flexibility index (Phi) is 3.55. The van der Waals surface area contributed by atoms with E-state index in [1.54, 1.807) is 10.9 Å². The quantitative estimate of drug-likeness (QED) is 0.770. The van der Waals surface area contributed by atoms with Crippen molar-refractivity contribution in [2.45, 2.75) is 6.54 Å². The molecule has 3 aromatic rings. The van der Waals surface area contributed by atoms with E-state index in [0.717, 1.165) is 16.8 Å². The number of aryl methyl sites for hydroxylation is 1. The van der Waals surface area contributed by atoms with Gasteiger partial charge < -0.3 is 10.3 Å². The highest BCUT2D eigenvalue weighted by molar-refractivity contribution is 5.95. The molecule has 0 spiro atoms. The molecule has 21 heavy (non-hydrogen) atoms. The summed E-state index contributed by atoms with van der Waals surface area (Å²) in [7, 11) is 1.87. The van der Waals surface area contributed by atoms with E-state index in [4.69, 9.17) is 0 Å². The van der Waals surface area contributed by atoms with E-state index in [-0.39, 0.29) is 5.91 Å². The highest BCUT2D eigenvalue weighted by Crippen LogP contribution is 2.19. The van der Waals surface area contributed by atoms with Crippen molar-refractivity contribution in [2.24, 2.45) is 7.05 Å². The molecule has 5 heteroatoms. The van der Waals surface area contributed by atoms with Crippen LogP contribution in [0.5, 0.6) is 0 Å². The number of amides is 1. The van der Waals surface area contributed by atoms with Gasteiger partial charge in [0.2, 0.25) is 0 Å². The third-order valence-corrected chi connectivity index (χ3v) is 3.26. The SMILES string of the molecule is Cn1cc(-c2cccc(C(=O)NCc3ccc[nH]3)c2)cn1. The van der Waals surface area contributed by atoms with Crippen LogP contribution in [0.25, 0.3) is 11.1 Å². The molecule has 1 amide bonds. The van der Waals surface area contributed by atoms with Gasteiger partial charge in [-0.2, -0.15) is 5.10 Å². The molecule has 2 heterocycles. The molecule has 0 radical (unpaired) electrons. The number of rotatable bonds is 4. The number of nitrogens with zero attached hydrogens (tertiary/aromatic N) is 2. The van der Waals surface area contributed by atoms with Gasteiger partial charge in [-0.3, -0.25) is 9.48 Å². The lowest BCUT2D eigenvalue weighted by Crippen LogP contribution is -2.22. The Bertz CT molecular complexity index is 743. The maximum absolute atomic E-state index is 12.2. The number of carbonyl (C=O) groups excluding carboxylic acids is 1. The second-order valence-corrected chi connectivity index (χ2v) is 4.86. The lowest BCUT2D eigenvalue weighted by molar-refractivity contribution is 0.0950. The lowest BCUT2D eigenvalue weighted by Gasteiger charge is -2.05. The molecule has 106 valence electrons. The van der Waals surface area contributed by atoms with Gasteiger partial charge in [0.25, 0.3) is 5.91 Å². The highest BCUT2D eigenvalue weighted by atomic mass is 16.1. The van der Waals surface area contributed by atoms with Crippen molar-refractivity contribution >= 4 is 5.91 Å². The molecular weight excluding hydrogens is 264 g/mol. The first-order valence-electron chi connectivity index (χ1n) is 6.72. The molecule has 0 aliphatic rings. The minimum atomic E-state index is -0.0876. The normalized spacial score (nSPS) is 10.5. The zero-order chi connectivity index (χ0) is 14.7. The van der Waals surface area contributed by atoms with Crippen molar-refractivity contribution in [1.29, 1.82) is 0 Å². The van der Waals surface area contributed by atoms with Crippen molar-refractivity contribution in [1.82, 2.24) is 20.1 Å². The predicted octanol–water partition coefficient (Wildman–Crippen LogP) is 2.35. The monoisotopic (exact) mass is 280 g/mol. The predicted molar refractivity (Wildman–Crippen MR) is 80.6 cm³/mol. The summed E-state index contributed by atoms with van der Waals surface area (Å²) in [5.74, 6) is -0.0876. The fourth-order valence-corrected chi connectivity index (χ4v) is 2.17. The van der Waals surface area contributed by atoms with Crippen LogP contribution in [-0.4, -0.2) is 20.7 Å². The van der Waals surface area contributed by atoms with Crippen LogP contribution >= 0.6 is 0 Å². The van der Waals surface area contributed by atoms with Crippen LogP contribution in [0.1, 0.15) is 16.1 Å². The number of hydrogen-bond acceptors (Lipinski definition) is 2. The molecule has 0 bridgehead atoms. The molecule has 0 saturated carbocycles. The third-order valence-electron chi connectivity index (χ3n) is 3.26. The fraction of sp³-hybridized carbons (Fsp3) is 0.125. The number of hydrogen-bond donors (Lipinski definition) is 2. The van der Waals surface area contributed by atoms with Crippen LogP contribution in [0, 0.1) is 0 Å². The molecule has 0 atom stereocenters. The summed E-state index contributed by atoms with van der Waals surface area (Å²) in [6.07, 6.45) is 5.55. The number of carbonyl (C=O) groups is 1. The summed E-state index contributed by atoms with van der Waals surface area (Å²) in [4.78, 5) is 15.2. The zero-order valence-corrected chi connectivity index (χ0v) is 11.7. The summed E-state index contributed by atoms with van der Waals surface area (Å²) in [6.45, 7) is 0.489. The molecule has 2 N–H and O–H groups in total. The van der Waals surface area contributed by atoms with Crippen molar-refractivity contribution in [3.63, 3.8) is 0 Å². The highest BCUT2D eigenvalue weighted by Gasteiger charge is 2.08. The Morgan fingerprint density at radius 1 is 1.29 bits per heavy atom. The Balaban J connectivity index is 1.74. The molecule has 0 aliphatic carbocycles. The molecule has 2 aromatic heterocycles. The number of benzene rings is 1. The maximum atomic E-state index is 12.2. The summed E-state index contributed by atoms with van der Waals surface area (Å²) < 4.78 is 1.74. The number of nitrogens with one attached hydrogen (secondary N) is 2.